The average molecular weight is 518 g/mol. The number of nitrogens with two attached hydrogens (primary N) is 1. The molecule has 1 saturated heterocycles. The van der Waals surface area contributed by atoms with E-state index in [-0.39, 0.29) is 17.7 Å². The van der Waals surface area contributed by atoms with E-state index in [0.717, 1.165) is 30.9 Å². The fourth-order valence-electron chi connectivity index (χ4n) is 7.21. The number of rotatable bonds is 10. The van der Waals surface area contributed by atoms with Crippen LogP contribution in [0.5, 0.6) is 0 Å². The first-order valence-corrected chi connectivity index (χ1v) is 15.3. The highest BCUT2D eigenvalue weighted by molar-refractivity contribution is 5.76. The van der Waals surface area contributed by atoms with Crippen LogP contribution in [0.1, 0.15) is 120 Å². The average Bonchev–Trinajstić information content (AvgIpc) is 3.16. The Labute approximate surface area is 230 Å². The summed E-state index contributed by atoms with van der Waals surface area (Å²) in [4.78, 5) is 7.97. The summed E-state index contributed by atoms with van der Waals surface area (Å²) in [5, 5.41) is 0. The van der Waals surface area contributed by atoms with E-state index < -0.39 is 0 Å². The molecule has 0 radical (unpaired) electrons. The van der Waals surface area contributed by atoms with Gasteiger partial charge < -0.3 is 16.5 Å². The van der Waals surface area contributed by atoms with Gasteiger partial charge in [0.25, 0.3) is 0 Å². The Kier molecular flexibility index (Phi) is 10.4. The third-order valence-corrected chi connectivity index (χ3v) is 9.25. The molecule has 1 unspecified atom stereocenters. The maximum Gasteiger partial charge on any atom is 0.127 e. The Morgan fingerprint density at radius 1 is 0.868 bits per heavy atom. The summed E-state index contributed by atoms with van der Waals surface area (Å²) in [5.41, 5.74) is 11.0. The lowest BCUT2D eigenvalue weighted by atomic mass is 9.79. The van der Waals surface area contributed by atoms with Gasteiger partial charge in [-0.15, -0.1) is 0 Å². The number of fused-ring (bicyclic) bond motifs is 1. The molecule has 1 aromatic heterocycles. The van der Waals surface area contributed by atoms with E-state index in [1.165, 1.54) is 94.6 Å². The van der Waals surface area contributed by atoms with Gasteiger partial charge in [-0.05, 0) is 49.8 Å². The molecule has 38 heavy (non-hydrogen) atoms. The minimum Gasteiger partial charge on any atom is -0.344 e. The van der Waals surface area contributed by atoms with Gasteiger partial charge in [0, 0.05) is 24.7 Å². The number of para-hydroxylation sites is 2. The van der Waals surface area contributed by atoms with Gasteiger partial charge in [0.2, 0.25) is 0 Å². The number of benzene rings is 2. The number of unbranched alkanes of at least 4 members (excludes halogenated alkanes) is 4. The van der Waals surface area contributed by atoms with E-state index in [0.29, 0.717) is 6.04 Å². The molecule has 208 valence electrons. The predicted octanol–water partition coefficient (Wildman–Crippen LogP) is 8.45. The number of hydrogen-bond donors (Lipinski definition) is 2. The maximum absolute atomic E-state index is 6.85. The molecule has 0 amide bonds. The normalized spacial score (nSPS) is 19.6. The molecule has 1 atom stereocenters. The molecule has 5 heteroatoms. The summed E-state index contributed by atoms with van der Waals surface area (Å²) in [6, 6.07) is 20.6. The molecule has 5 nitrogen and oxygen atoms in total. The van der Waals surface area contributed by atoms with Crippen LogP contribution in [0.4, 0.5) is 0 Å². The number of imidazole rings is 1. The molecule has 2 heterocycles. The predicted molar refractivity (Wildman–Crippen MR) is 161 cm³/mol. The molecule has 2 aromatic carbocycles. The second kappa shape index (κ2) is 13.7. The van der Waals surface area contributed by atoms with Crippen LogP contribution in [0.3, 0.4) is 0 Å². The fourth-order valence-corrected chi connectivity index (χ4v) is 7.21. The van der Waals surface area contributed by atoms with E-state index in [1.807, 2.05) is 0 Å². The number of aromatic nitrogens is 2. The Balaban J connectivity index is 0.00000336. The van der Waals surface area contributed by atoms with Crippen molar-refractivity contribution in [3.63, 3.8) is 0 Å². The third-order valence-electron chi connectivity index (χ3n) is 9.25. The van der Waals surface area contributed by atoms with Gasteiger partial charge in [-0.3, -0.25) is 4.90 Å². The van der Waals surface area contributed by atoms with Crippen LogP contribution in [0.15, 0.2) is 54.6 Å². The SMILES string of the molecule is CCCCCCCC(N)c1nc2ccccc2n1C1CCN(C2(c3ccccc3)CCCCCC2)CC1.N. The molecule has 0 bridgehead atoms. The van der Waals surface area contributed by atoms with Gasteiger partial charge in [-0.2, -0.15) is 0 Å². The van der Waals surface area contributed by atoms with E-state index in [4.69, 9.17) is 10.7 Å². The van der Waals surface area contributed by atoms with Crippen molar-refractivity contribution in [2.75, 3.05) is 13.1 Å². The van der Waals surface area contributed by atoms with Gasteiger partial charge in [0.1, 0.15) is 5.82 Å². The van der Waals surface area contributed by atoms with Crippen molar-refractivity contribution >= 4 is 11.0 Å². The van der Waals surface area contributed by atoms with Gasteiger partial charge in [0.05, 0.1) is 17.1 Å². The summed E-state index contributed by atoms with van der Waals surface area (Å²) < 4.78 is 2.55. The molecule has 3 aromatic rings. The number of piperidine rings is 1. The molecular weight excluding hydrogens is 466 g/mol. The molecule has 5 rings (SSSR count). The fraction of sp³-hybridized carbons (Fsp3) is 0.606. The standard InChI is InChI=1S/C33H48N4.H3N/c1-2-3-4-5-11-18-29(34)32-35-30-19-12-13-20-31(30)37(32)28-21-25-36(26-22-28)33(23-14-6-7-15-24-33)27-16-9-8-10-17-27;/h8-10,12-13,16-17,19-20,28-29H,2-7,11,14-15,18,21-26,34H2,1H3;1H3. The summed E-state index contributed by atoms with van der Waals surface area (Å²) >= 11 is 0. The first-order valence-electron chi connectivity index (χ1n) is 15.3. The number of likely N-dealkylation sites (tertiary alicyclic amines) is 1. The van der Waals surface area contributed by atoms with E-state index in [2.05, 4.69) is 71.0 Å². The quantitative estimate of drug-likeness (QED) is 0.209. The number of nitrogens with zero attached hydrogens (tertiary/aromatic N) is 3. The Bertz CT molecular complexity index is 1090. The minimum atomic E-state index is 0. The number of hydrogen-bond acceptors (Lipinski definition) is 4. The van der Waals surface area contributed by atoms with Crippen LogP contribution in [0.2, 0.25) is 0 Å². The highest BCUT2D eigenvalue weighted by Crippen LogP contribution is 2.44. The topological polar surface area (TPSA) is 82.1 Å². The lowest BCUT2D eigenvalue weighted by Gasteiger charge is -2.48. The Hall–Kier alpha value is -2.21. The monoisotopic (exact) mass is 517 g/mol. The zero-order valence-corrected chi connectivity index (χ0v) is 23.8. The zero-order chi connectivity index (χ0) is 25.5. The van der Waals surface area contributed by atoms with Gasteiger partial charge in [0.15, 0.2) is 0 Å². The van der Waals surface area contributed by atoms with Crippen molar-refractivity contribution in [2.45, 2.75) is 114 Å². The summed E-state index contributed by atoms with van der Waals surface area (Å²) in [5.74, 6) is 1.11. The summed E-state index contributed by atoms with van der Waals surface area (Å²) in [6.07, 6.45) is 17.8. The van der Waals surface area contributed by atoms with Crippen LogP contribution in [-0.2, 0) is 5.54 Å². The van der Waals surface area contributed by atoms with Gasteiger partial charge in [-0.1, -0.05) is 107 Å². The molecule has 1 saturated carbocycles. The first kappa shape index (κ1) is 28.8. The van der Waals surface area contributed by atoms with E-state index in [9.17, 15) is 0 Å². The highest BCUT2D eigenvalue weighted by Gasteiger charge is 2.40. The smallest absolute Gasteiger partial charge is 0.127 e. The molecule has 2 fully saturated rings. The molecule has 5 N–H and O–H groups in total. The van der Waals surface area contributed by atoms with Crippen molar-refractivity contribution in [2.24, 2.45) is 5.73 Å². The van der Waals surface area contributed by atoms with Crippen LogP contribution in [0.25, 0.3) is 11.0 Å². The second-order valence-corrected chi connectivity index (χ2v) is 11.7. The zero-order valence-electron chi connectivity index (χ0n) is 23.8. The lowest BCUT2D eigenvalue weighted by Crippen LogP contribution is -2.50. The van der Waals surface area contributed by atoms with E-state index >= 15 is 0 Å². The van der Waals surface area contributed by atoms with Crippen molar-refractivity contribution in [1.82, 2.24) is 20.6 Å². The largest absolute Gasteiger partial charge is 0.344 e. The molecule has 0 spiro atoms. The van der Waals surface area contributed by atoms with Crippen LogP contribution in [0, 0.1) is 0 Å². The van der Waals surface area contributed by atoms with E-state index in [1.54, 1.807) is 0 Å². The van der Waals surface area contributed by atoms with Crippen LogP contribution >= 0.6 is 0 Å². The molecule has 2 aliphatic rings. The minimum absolute atomic E-state index is 0. The van der Waals surface area contributed by atoms with Crippen LogP contribution < -0.4 is 11.9 Å². The van der Waals surface area contributed by atoms with Gasteiger partial charge in [-0.25, -0.2) is 4.98 Å². The first-order chi connectivity index (χ1) is 18.2. The summed E-state index contributed by atoms with van der Waals surface area (Å²) in [6.45, 7) is 4.58. The lowest BCUT2D eigenvalue weighted by molar-refractivity contribution is 0.0354. The highest BCUT2D eigenvalue weighted by atomic mass is 15.2. The van der Waals surface area contributed by atoms with Crippen molar-refractivity contribution in [3.05, 3.63) is 66.0 Å². The van der Waals surface area contributed by atoms with Crippen molar-refractivity contribution < 1.29 is 0 Å². The van der Waals surface area contributed by atoms with Gasteiger partial charge >= 0.3 is 0 Å². The Morgan fingerprint density at radius 3 is 2.24 bits per heavy atom. The summed E-state index contributed by atoms with van der Waals surface area (Å²) in [7, 11) is 0. The molecular formula is C33H51N5. The molecule has 1 aliphatic heterocycles. The maximum atomic E-state index is 6.85. The molecule has 1 aliphatic carbocycles. The third kappa shape index (κ3) is 6.16. The van der Waals surface area contributed by atoms with Crippen molar-refractivity contribution in [1.29, 1.82) is 0 Å². The second-order valence-electron chi connectivity index (χ2n) is 11.7. The van der Waals surface area contributed by atoms with Crippen LogP contribution in [-0.4, -0.2) is 27.5 Å². The van der Waals surface area contributed by atoms with Crippen molar-refractivity contribution in [3.8, 4) is 0 Å². The Morgan fingerprint density at radius 2 is 1.53 bits per heavy atom.